The fraction of sp³-hybridized carbons (Fsp3) is 0.222. The van der Waals surface area contributed by atoms with Crippen molar-refractivity contribution >= 4 is 56.3 Å². The lowest BCUT2D eigenvalue weighted by molar-refractivity contribution is -0.142. The Morgan fingerprint density at radius 2 is 1.83 bits per heavy atom. The predicted molar refractivity (Wildman–Crippen MR) is 137 cm³/mol. The minimum absolute atomic E-state index is 0.00560. The third-order valence-corrected chi connectivity index (χ3v) is 6.15. The van der Waals surface area contributed by atoms with Crippen molar-refractivity contribution in [1.82, 2.24) is 15.1 Å². The van der Waals surface area contributed by atoms with Crippen molar-refractivity contribution in [3.63, 3.8) is 0 Å². The van der Waals surface area contributed by atoms with Crippen LogP contribution in [0.5, 0.6) is 0 Å². The molecule has 2 heterocycles. The highest BCUT2D eigenvalue weighted by Gasteiger charge is 2.26. The molecule has 5 rings (SSSR count). The van der Waals surface area contributed by atoms with Gasteiger partial charge in [-0.3, -0.25) is 14.3 Å². The number of amides is 1. The fourth-order valence-corrected chi connectivity index (χ4v) is 4.35. The Morgan fingerprint density at radius 3 is 2.63 bits per heavy atom. The summed E-state index contributed by atoms with van der Waals surface area (Å²) in [6.45, 7) is 3.53. The van der Waals surface area contributed by atoms with Gasteiger partial charge in [0.25, 0.3) is 5.91 Å². The van der Waals surface area contributed by atoms with Crippen LogP contribution >= 0.6 is 11.6 Å². The first kappa shape index (κ1) is 22.9. The number of fused-ring (bicyclic) bond motifs is 4. The molecule has 5 aromatic rings. The third-order valence-electron chi connectivity index (χ3n) is 5.94. The summed E-state index contributed by atoms with van der Waals surface area (Å²) in [4.78, 5) is 24.6. The Labute approximate surface area is 206 Å². The molecule has 0 saturated heterocycles. The molecule has 0 aliphatic rings. The van der Waals surface area contributed by atoms with Gasteiger partial charge in [0.05, 0.1) is 11.1 Å². The minimum Gasteiger partial charge on any atom is -0.462 e. The van der Waals surface area contributed by atoms with E-state index in [2.05, 4.69) is 10.4 Å². The molecule has 0 saturated carbocycles. The van der Waals surface area contributed by atoms with Crippen LogP contribution in [0.4, 0.5) is 0 Å². The zero-order valence-corrected chi connectivity index (χ0v) is 20.3. The summed E-state index contributed by atoms with van der Waals surface area (Å²) in [5, 5.41) is 10.2. The SMILES string of the molecule is Cn1nc(C(=O)NC(C)(C)COC(=O)CCl)c2cc(-c3cccc4c3oc3ccccc34)ccc21. The molecule has 0 radical (unpaired) electrons. The van der Waals surface area contributed by atoms with E-state index in [1.165, 1.54) is 0 Å². The number of benzene rings is 3. The average molecular weight is 490 g/mol. The number of rotatable bonds is 6. The van der Waals surface area contributed by atoms with Crippen LogP contribution < -0.4 is 5.32 Å². The van der Waals surface area contributed by atoms with Gasteiger partial charge in [0.2, 0.25) is 0 Å². The van der Waals surface area contributed by atoms with E-state index < -0.39 is 11.5 Å². The number of nitrogens with one attached hydrogen (secondary N) is 1. The van der Waals surface area contributed by atoms with Gasteiger partial charge >= 0.3 is 5.97 Å². The van der Waals surface area contributed by atoms with Crippen molar-refractivity contribution in [2.45, 2.75) is 19.4 Å². The Morgan fingerprint density at radius 1 is 1.06 bits per heavy atom. The van der Waals surface area contributed by atoms with Crippen molar-refractivity contribution in [2.75, 3.05) is 12.5 Å². The molecule has 1 N–H and O–H groups in total. The largest absolute Gasteiger partial charge is 0.462 e. The minimum atomic E-state index is -0.805. The summed E-state index contributed by atoms with van der Waals surface area (Å²) in [5.74, 6) is -1.14. The highest BCUT2D eigenvalue weighted by atomic mass is 35.5. The molecule has 0 atom stereocenters. The van der Waals surface area contributed by atoms with Crippen LogP contribution in [0.1, 0.15) is 24.3 Å². The van der Waals surface area contributed by atoms with E-state index in [-0.39, 0.29) is 24.1 Å². The molecule has 0 aliphatic carbocycles. The average Bonchev–Trinajstić information content (AvgIpc) is 3.39. The van der Waals surface area contributed by atoms with E-state index in [9.17, 15) is 9.59 Å². The third kappa shape index (κ3) is 4.23. The van der Waals surface area contributed by atoms with Crippen molar-refractivity contribution in [3.05, 3.63) is 66.4 Å². The standard InChI is InChI=1S/C27H24ClN3O4/c1-27(2,15-34-23(32)14-28)29-26(33)24-20-13-16(11-12-21(20)31(3)30-24)17-8-6-9-19-18-7-4-5-10-22(18)35-25(17)19/h4-13H,14-15H2,1-3H3,(H,29,33). The monoisotopic (exact) mass is 489 g/mol. The first-order valence-corrected chi connectivity index (χ1v) is 11.7. The Balaban J connectivity index is 1.54. The summed E-state index contributed by atoms with van der Waals surface area (Å²) in [5.41, 5.74) is 3.78. The number of ether oxygens (including phenoxy) is 1. The van der Waals surface area contributed by atoms with E-state index in [1.54, 1.807) is 25.6 Å². The van der Waals surface area contributed by atoms with Crippen molar-refractivity contribution in [3.8, 4) is 11.1 Å². The second-order valence-electron chi connectivity index (χ2n) is 9.12. The molecule has 8 heteroatoms. The molecule has 2 aromatic heterocycles. The summed E-state index contributed by atoms with van der Waals surface area (Å²) in [7, 11) is 1.80. The van der Waals surface area contributed by atoms with Crippen LogP contribution in [0.3, 0.4) is 0 Å². The molecular weight excluding hydrogens is 466 g/mol. The van der Waals surface area contributed by atoms with Gasteiger partial charge in [-0.25, -0.2) is 0 Å². The maximum Gasteiger partial charge on any atom is 0.320 e. The van der Waals surface area contributed by atoms with Gasteiger partial charge in [-0.1, -0.05) is 42.5 Å². The lowest BCUT2D eigenvalue weighted by atomic mass is 10.00. The smallest absolute Gasteiger partial charge is 0.320 e. The van der Waals surface area contributed by atoms with E-state index in [1.807, 2.05) is 60.7 Å². The van der Waals surface area contributed by atoms with Gasteiger partial charge in [-0.2, -0.15) is 5.10 Å². The van der Waals surface area contributed by atoms with E-state index in [0.717, 1.165) is 38.6 Å². The zero-order chi connectivity index (χ0) is 24.7. The molecule has 0 unspecified atom stereocenters. The van der Waals surface area contributed by atoms with Crippen LogP contribution in [0, 0.1) is 0 Å². The molecule has 0 spiro atoms. The maximum atomic E-state index is 13.2. The predicted octanol–water partition coefficient (Wildman–Crippen LogP) is 5.43. The normalized spacial score (nSPS) is 11.9. The molecule has 3 aromatic carbocycles. The van der Waals surface area contributed by atoms with Gasteiger partial charge in [-0.15, -0.1) is 11.6 Å². The number of aromatic nitrogens is 2. The van der Waals surface area contributed by atoms with E-state index in [0.29, 0.717) is 5.39 Å². The van der Waals surface area contributed by atoms with Crippen LogP contribution in [0.2, 0.25) is 0 Å². The van der Waals surface area contributed by atoms with E-state index in [4.69, 9.17) is 20.8 Å². The van der Waals surface area contributed by atoms with Crippen LogP contribution in [-0.4, -0.2) is 39.7 Å². The van der Waals surface area contributed by atoms with Crippen LogP contribution in [0.25, 0.3) is 44.0 Å². The van der Waals surface area contributed by atoms with Gasteiger partial charge in [0, 0.05) is 28.8 Å². The number of hydrogen-bond donors (Lipinski definition) is 1. The van der Waals surface area contributed by atoms with Gasteiger partial charge in [0.1, 0.15) is 23.7 Å². The highest BCUT2D eigenvalue weighted by Crippen LogP contribution is 2.36. The number of esters is 1. The fourth-order valence-electron chi connectivity index (χ4n) is 4.28. The molecular formula is C27H24ClN3O4. The number of nitrogens with zero attached hydrogens (tertiary/aromatic N) is 2. The summed E-state index contributed by atoms with van der Waals surface area (Å²) in [6.07, 6.45) is 0. The molecule has 35 heavy (non-hydrogen) atoms. The Hall–Kier alpha value is -3.84. The topological polar surface area (TPSA) is 86.4 Å². The summed E-state index contributed by atoms with van der Waals surface area (Å²) >= 11 is 5.49. The van der Waals surface area contributed by atoms with Crippen molar-refractivity contribution in [1.29, 1.82) is 0 Å². The van der Waals surface area contributed by atoms with Crippen molar-refractivity contribution < 1.29 is 18.7 Å². The molecule has 0 fully saturated rings. The second-order valence-corrected chi connectivity index (χ2v) is 9.38. The molecule has 178 valence electrons. The number of halogens is 1. The highest BCUT2D eigenvalue weighted by molar-refractivity contribution is 6.26. The molecule has 1 amide bonds. The van der Waals surface area contributed by atoms with E-state index >= 15 is 0 Å². The van der Waals surface area contributed by atoms with Crippen molar-refractivity contribution in [2.24, 2.45) is 7.05 Å². The van der Waals surface area contributed by atoms with Gasteiger partial charge in [0.15, 0.2) is 5.69 Å². The maximum absolute atomic E-state index is 13.2. The number of alkyl halides is 1. The first-order chi connectivity index (χ1) is 16.8. The Bertz CT molecular complexity index is 1600. The van der Waals surface area contributed by atoms with Crippen LogP contribution in [-0.2, 0) is 16.6 Å². The second kappa shape index (κ2) is 8.74. The number of hydrogen-bond acceptors (Lipinski definition) is 5. The first-order valence-electron chi connectivity index (χ1n) is 11.2. The lowest BCUT2D eigenvalue weighted by Crippen LogP contribution is -2.47. The quantitative estimate of drug-likeness (QED) is 0.254. The Kier molecular flexibility index (Phi) is 5.73. The lowest BCUT2D eigenvalue weighted by Gasteiger charge is -2.25. The molecule has 7 nitrogen and oxygen atoms in total. The molecule has 0 bridgehead atoms. The number of carbonyl (C=O) groups excluding carboxylic acids is 2. The summed E-state index contributed by atoms with van der Waals surface area (Å²) < 4.78 is 13.0. The number of para-hydroxylation sites is 2. The number of carbonyl (C=O) groups is 2. The zero-order valence-electron chi connectivity index (χ0n) is 19.6. The van der Waals surface area contributed by atoms with Crippen LogP contribution in [0.15, 0.2) is 65.1 Å². The van der Waals surface area contributed by atoms with Gasteiger partial charge in [-0.05, 0) is 37.6 Å². The summed E-state index contributed by atoms with van der Waals surface area (Å²) in [6, 6.07) is 19.9. The number of aryl methyl sites for hydroxylation is 1. The van der Waals surface area contributed by atoms with Gasteiger partial charge < -0.3 is 14.5 Å². The number of furan rings is 1. The molecule has 0 aliphatic heterocycles.